The number of hydrogen-bond acceptors (Lipinski definition) is 4. The zero-order valence-corrected chi connectivity index (χ0v) is 12.3. The Balaban J connectivity index is 2.23. The molecule has 0 amide bonds. The van der Waals surface area contributed by atoms with Gasteiger partial charge >= 0.3 is 0 Å². The number of halogens is 1. The maximum absolute atomic E-state index is 13.3. The van der Waals surface area contributed by atoms with Crippen molar-refractivity contribution < 1.29 is 8.91 Å². The van der Waals surface area contributed by atoms with Gasteiger partial charge in [-0.2, -0.15) is 4.98 Å². The Bertz CT molecular complexity index is 601. The lowest BCUT2D eigenvalue weighted by Gasteiger charge is -2.25. The van der Waals surface area contributed by atoms with Gasteiger partial charge in [0.15, 0.2) is 0 Å². The van der Waals surface area contributed by atoms with Crippen molar-refractivity contribution in [3.63, 3.8) is 0 Å². The minimum Gasteiger partial charge on any atom is -0.339 e. The van der Waals surface area contributed by atoms with Gasteiger partial charge in [-0.15, -0.1) is 0 Å². The number of benzene rings is 1. The molecular weight excluding hydrogens is 257 g/mol. The van der Waals surface area contributed by atoms with Gasteiger partial charge in [0.25, 0.3) is 0 Å². The van der Waals surface area contributed by atoms with Crippen molar-refractivity contribution in [1.29, 1.82) is 0 Å². The first-order valence-corrected chi connectivity index (χ1v) is 6.62. The minimum atomic E-state index is -0.316. The average Bonchev–Trinajstić information content (AvgIpc) is 2.79. The molecule has 0 aliphatic rings. The summed E-state index contributed by atoms with van der Waals surface area (Å²) in [7, 11) is 0. The Morgan fingerprint density at radius 1 is 1.35 bits per heavy atom. The first kappa shape index (κ1) is 14.7. The van der Waals surface area contributed by atoms with E-state index in [0.717, 1.165) is 5.56 Å². The van der Waals surface area contributed by atoms with Gasteiger partial charge < -0.3 is 10.3 Å². The van der Waals surface area contributed by atoms with Crippen LogP contribution in [0.1, 0.15) is 32.2 Å². The van der Waals surface area contributed by atoms with Gasteiger partial charge in [-0.25, -0.2) is 4.39 Å². The van der Waals surface area contributed by atoms with Crippen molar-refractivity contribution in [2.24, 2.45) is 11.1 Å². The Morgan fingerprint density at radius 3 is 2.70 bits per heavy atom. The molecule has 5 heteroatoms. The van der Waals surface area contributed by atoms with Crippen LogP contribution in [0.4, 0.5) is 4.39 Å². The number of rotatable bonds is 3. The van der Waals surface area contributed by atoms with Crippen LogP contribution in [-0.4, -0.2) is 16.2 Å². The second-order valence-corrected chi connectivity index (χ2v) is 6.15. The Labute approximate surface area is 118 Å². The fraction of sp³-hybridized carbons (Fsp3) is 0.467. The molecule has 1 aromatic heterocycles. The van der Waals surface area contributed by atoms with Crippen molar-refractivity contribution in [3.05, 3.63) is 35.5 Å². The average molecular weight is 277 g/mol. The van der Waals surface area contributed by atoms with E-state index in [1.165, 1.54) is 12.1 Å². The number of nitrogens with two attached hydrogens (primary N) is 1. The summed E-state index contributed by atoms with van der Waals surface area (Å²) in [6.07, 6.45) is 0.505. The van der Waals surface area contributed by atoms with E-state index in [0.29, 0.717) is 23.7 Å². The molecule has 0 fully saturated rings. The van der Waals surface area contributed by atoms with Crippen LogP contribution in [0.25, 0.3) is 11.4 Å². The molecule has 1 aromatic carbocycles. The lowest BCUT2D eigenvalue weighted by Crippen LogP contribution is -2.36. The number of aryl methyl sites for hydroxylation is 1. The molecule has 20 heavy (non-hydrogen) atoms. The lowest BCUT2D eigenvalue weighted by molar-refractivity contribution is 0.286. The van der Waals surface area contributed by atoms with Crippen LogP contribution in [0.5, 0.6) is 0 Å². The number of hydrogen-bond donors (Lipinski definition) is 1. The summed E-state index contributed by atoms with van der Waals surface area (Å²) < 4.78 is 18.5. The molecule has 2 N–H and O–H groups in total. The predicted octanol–water partition coefficient (Wildman–Crippen LogP) is 3.10. The van der Waals surface area contributed by atoms with E-state index in [4.69, 9.17) is 10.3 Å². The monoisotopic (exact) mass is 277 g/mol. The first-order valence-electron chi connectivity index (χ1n) is 6.62. The molecule has 1 atom stereocenters. The third-order valence-electron chi connectivity index (χ3n) is 3.42. The van der Waals surface area contributed by atoms with Crippen molar-refractivity contribution in [2.75, 3.05) is 0 Å². The normalized spacial score (nSPS) is 13.5. The summed E-state index contributed by atoms with van der Waals surface area (Å²) in [4.78, 5) is 4.31. The molecule has 0 saturated heterocycles. The first-order chi connectivity index (χ1) is 9.27. The second-order valence-electron chi connectivity index (χ2n) is 6.15. The van der Waals surface area contributed by atoms with Crippen LogP contribution in [0.15, 0.2) is 22.7 Å². The largest absolute Gasteiger partial charge is 0.339 e. The van der Waals surface area contributed by atoms with Gasteiger partial charge in [-0.05, 0) is 30.0 Å². The van der Waals surface area contributed by atoms with Crippen LogP contribution < -0.4 is 5.73 Å². The molecular formula is C15H20FN3O. The Morgan fingerprint density at radius 2 is 2.05 bits per heavy atom. The summed E-state index contributed by atoms with van der Waals surface area (Å²) in [5.41, 5.74) is 7.60. The summed E-state index contributed by atoms with van der Waals surface area (Å²) >= 11 is 0. The highest BCUT2D eigenvalue weighted by Crippen LogP contribution is 2.24. The standard InChI is InChI=1S/C15H20FN3O/c1-9-5-6-10(16)7-11(9)14-18-13(20-19-14)8-12(17)15(2,3)4/h5-7,12H,8,17H2,1-4H3. The predicted molar refractivity (Wildman–Crippen MR) is 75.6 cm³/mol. The Hall–Kier alpha value is -1.75. The number of aromatic nitrogens is 2. The van der Waals surface area contributed by atoms with E-state index < -0.39 is 0 Å². The highest BCUT2D eigenvalue weighted by Gasteiger charge is 2.23. The van der Waals surface area contributed by atoms with E-state index in [1.54, 1.807) is 6.07 Å². The highest BCUT2D eigenvalue weighted by atomic mass is 19.1. The van der Waals surface area contributed by atoms with Crippen LogP contribution in [0.2, 0.25) is 0 Å². The second kappa shape index (κ2) is 5.32. The van der Waals surface area contributed by atoms with Gasteiger partial charge in [0.05, 0.1) is 0 Å². The van der Waals surface area contributed by atoms with Crippen LogP contribution in [0, 0.1) is 18.2 Å². The van der Waals surface area contributed by atoms with Gasteiger partial charge in [0.2, 0.25) is 11.7 Å². The maximum Gasteiger partial charge on any atom is 0.228 e. The summed E-state index contributed by atoms with van der Waals surface area (Å²) in [5, 5.41) is 3.92. The van der Waals surface area contributed by atoms with Gasteiger partial charge in [-0.3, -0.25) is 0 Å². The smallest absolute Gasteiger partial charge is 0.228 e. The maximum atomic E-state index is 13.3. The van der Waals surface area contributed by atoms with E-state index in [-0.39, 0.29) is 17.3 Å². The van der Waals surface area contributed by atoms with E-state index in [1.807, 2.05) is 6.92 Å². The minimum absolute atomic E-state index is 0.0383. The molecule has 0 saturated carbocycles. The van der Waals surface area contributed by atoms with Crippen molar-refractivity contribution in [1.82, 2.24) is 10.1 Å². The number of nitrogens with zero attached hydrogens (tertiary/aromatic N) is 2. The Kier molecular flexibility index (Phi) is 3.90. The fourth-order valence-electron chi connectivity index (χ4n) is 1.78. The van der Waals surface area contributed by atoms with E-state index in [2.05, 4.69) is 30.9 Å². The molecule has 0 aliphatic heterocycles. The van der Waals surface area contributed by atoms with Gasteiger partial charge in [0.1, 0.15) is 5.82 Å². The van der Waals surface area contributed by atoms with Crippen molar-refractivity contribution in [2.45, 2.75) is 40.2 Å². The molecule has 0 aliphatic carbocycles. The molecule has 0 spiro atoms. The van der Waals surface area contributed by atoms with Gasteiger partial charge in [-0.1, -0.05) is 32.0 Å². The van der Waals surface area contributed by atoms with E-state index in [9.17, 15) is 4.39 Å². The molecule has 0 bridgehead atoms. The lowest BCUT2D eigenvalue weighted by atomic mass is 9.85. The SMILES string of the molecule is Cc1ccc(F)cc1-c1noc(CC(N)C(C)(C)C)n1. The van der Waals surface area contributed by atoms with E-state index >= 15 is 0 Å². The fourth-order valence-corrected chi connectivity index (χ4v) is 1.78. The third-order valence-corrected chi connectivity index (χ3v) is 3.42. The highest BCUT2D eigenvalue weighted by molar-refractivity contribution is 5.59. The topological polar surface area (TPSA) is 64.9 Å². The summed E-state index contributed by atoms with van der Waals surface area (Å²) in [5.74, 6) is 0.563. The zero-order valence-electron chi connectivity index (χ0n) is 12.3. The zero-order chi connectivity index (χ0) is 14.9. The molecule has 1 unspecified atom stereocenters. The third kappa shape index (κ3) is 3.22. The van der Waals surface area contributed by atoms with Crippen LogP contribution in [-0.2, 0) is 6.42 Å². The quantitative estimate of drug-likeness (QED) is 0.936. The summed E-state index contributed by atoms with van der Waals surface area (Å²) in [6, 6.07) is 4.44. The molecule has 2 rings (SSSR count). The molecule has 108 valence electrons. The molecule has 4 nitrogen and oxygen atoms in total. The van der Waals surface area contributed by atoms with Crippen LogP contribution in [0.3, 0.4) is 0 Å². The summed E-state index contributed by atoms with van der Waals surface area (Å²) in [6.45, 7) is 8.06. The molecule has 2 aromatic rings. The van der Waals surface area contributed by atoms with Crippen molar-refractivity contribution >= 4 is 0 Å². The van der Waals surface area contributed by atoms with Crippen LogP contribution >= 0.6 is 0 Å². The molecule has 0 radical (unpaired) electrons. The van der Waals surface area contributed by atoms with Gasteiger partial charge in [0, 0.05) is 18.0 Å². The molecule has 1 heterocycles. The van der Waals surface area contributed by atoms with Crippen molar-refractivity contribution in [3.8, 4) is 11.4 Å².